The topological polar surface area (TPSA) is 106 Å². The van der Waals surface area contributed by atoms with Crippen LogP contribution in [0.4, 0.5) is 5.69 Å². The summed E-state index contributed by atoms with van der Waals surface area (Å²) in [5, 5.41) is 4.44. The zero-order valence-electron chi connectivity index (χ0n) is 20.3. The lowest BCUT2D eigenvalue weighted by atomic mass is 10.2. The van der Waals surface area contributed by atoms with Crippen molar-refractivity contribution in [3.8, 4) is 11.5 Å². The first kappa shape index (κ1) is 26.7. The Labute approximate surface area is 225 Å². The van der Waals surface area contributed by atoms with Gasteiger partial charge >= 0.3 is 0 Å². The van der Waals surface area contributed by atoms with Gasteiger partial charge in [0.15, 0.2) is 11.5 Å². The van der Waals surface area contributed by atoms with E-state index in [-0.39, 0.29) is 4.90 Å². The fourth-order valence-electron chi connectivity index (χ4n) is 3.37. The van der Waals surface area contributed by atoms with E-state index in [2.05, 4.69) is 15.2 Å². The molecule has 0 saturated carbocycles. The summed E-state index contributed by atoms with van der Waals surface area (Å²) in [7, 11) is -2.24. The predicted molar refractivity (Wildman–Crippen MR) is 148 cm³/mol. The van der Waals surface area contributed by atoms with Gasteiger partial charge in [0.05, 0.1) is 18.2 Å². The number of hydrazone groups is 1. The molecule has 10 heteroatoms. The summed E-state index contributed by atoms with van der Waals surface area (Å²) in [5.74, 6) is 0.667. The third-order valence-electron chi connectivity index (χ3n) is 5.33. The van der Waals surface area contributed by atoms with Crippen LogP contribution in [-0.2, 0) is 16.6 Å². The standard InChI is InChI=1S/C28H24ClN3O5S/c1-36-27-17-21(7-16-26(27)37-19-20-5-3-2-4-6-20)18-30-31-28(33)22-8-12-24(13-9-22)32-38(34,35)25-14-10-23(29)11-15-25/h2-18,32H,19H2,1H3,(H,31,33)/b30-18-. The highest BCUT2D eigenvalue weighted by molar-refractivity contribution is 7.92. The van der Waals surface area contributed by atoms with Gasteiger partial charge in [0.1, 0.15) is 6.61 Å². The Morgan fingerprint density at radius 1 is 0.921 bits per heavy atom. The first-order chi connectivity index (χ1) is 18.3. The van der Waals surface area contributed by atoms with Crippen molar-refractivity contribution < 1.29 is 22.7 Å². The van der Waals surface area contributed by atoms with E-state index in [0.29, 0.717) is 39.9 Å². The minimum absolute atomic E-state index is 0.0745. The first-order valence-corrected chi connectivity index (χ1v) is 13.3. The number of carbonyl (C=O) groups excluding carboxylic acids is 1. The maximum Gasteiger partial charge on any atom is 0.271 e. The summed E-state index contributed by atoms with van der Waals surface area (Å²) in [6.45, 7) is 0.405. The van der Waals surface area contributed by atoms with Gasteiger partial charge in [-0.05, 0) is 77.9 Å². The van der Waals surface area contributed by atoms with Gasteiger partial charge in [-0.2, -0.15) is 5.10 Å². The van der Waals surface area contributed by atoms with E-state index in [0.717, 1.165) is 5.56 Å². The zero-order chi connectivity index (χ0) is 27.0. The molecule has 8 nitrogen and oxygen atoms in total. The average Bonchev–Trinajstić information content (AvgIpc) is 2.93. The second-order valence-electron chi connectivity index (χ2n) is 8.02. The highest BCUT2D eigenvalue weighted by Gasteiger charge is 2.14. The van der Waals surface area contributed by atoms with Crippen LogP contribution in [0.15, 0.2) is 107 Å². The molecule has 0 aromatic heterocycles. The molecule has 0 unspecified atom stereocenters. The van der Waals surface area contributed by atoms with E-state index >= 15 is 0 Å². The number of amides is 1. The Kier molecular flexibility index (Phi) is 8.62. The molecular weight excluding hydrogens is 526 g/mol. The molecule has 4 aromatic rings. The summed E-state index contributed by atoms with van der Waals surface area (Å²) in [5.41, 5.74) is 4.80. The van der Waals surface area contributed by atoms with E-state index in [1.54, 1.807) is 25.3 Å². The number of nitrogens with zero attached hydrogens (tertiary/aromatic N) is 1. The number of ether oxygens (including phenoxy) is 2. The van der Waals surface area contributed by atoms with Gasteiger partial charge in [0.25, 0.3) is 15.9 Å². The molecule has 4 rings (SSSR count). The molecule has 0 bridgehead atoms. The molecule has 0 aliphatic rings. The Morgan fingerprint density at radius 3 is 2.32 bits per heavy atom. The third kappa shape index (κ3) is 7.12. The SMILES string of the molecule is COc1cc(/C=N\NC(=O)c2ccc(NS(=O)(=O)c3ccc(Cl)cc3)cc2)ccc1OCc1ccccc1. The number of carbonyl (C=O) groups is 1. The van der Waals surface area contributed by atoms with Crippen molar-refractivity contribution in [1.82, 2.24) is 5.43 Å². The highest BCUT2D eigenvalue weighted by atomic mass is 35.5. The van der Waals surface area contributed by atoms with E-state index in [9.17, 15) is 13.2 Å². The lowest BCUT2D eigenvalue weighted by molar-refractivity contribution is 0.0955. The van der Waals surface area contributed by atoms with Gasteiger partial charge in [-0.15, -0.1) is 0 Å². The molecule has 0 radical (unpaired) electrons. The van der Waals surface area contributed by atoms with Crippen LogP contribution in [0.1, 0.15) is 21.5 Å². The van der Waals surface area contributed by atoms with Crippen LogP contribution in [0, 0.1) is 0 Å². The van der Waals surface area contributed by atoms with Gasteiger partial charge in [0.2, 0.25) is 0 Å². The van der Waals surface area contributed by atoms with Crippen LogP contribution >= 0.6 is 11.6 Å². The van der Waals surface area contributed by atoms with Gasteiger partial charge < -0.3 is 9.47 Å². The van der Waals surface area contributed by atoms with Gasteiger partial charge in [-0.1, -0.05) is 41.9 Å². The summed E-state index contributed by atoms with van der Waals surface area (Å²) in [4.78, 5) is 12.5. The van der Waals surface area contributed by atoms with Crippen molar-refractivity contribution in [2.45, 2.75) is 11.5 Å². The van der Waals surface area contributed by atoms with E-state index in [1.165, 1.54) is 54.7 Å². The fourth-order valence-corrected chi connectivity index (χ4v) is 4.55. The number of rotatable bonds is 10. The largest absolute Gasteiger partial charge is 0.493 e. The average molecular weight is 550 g/mol. The highest BCUT2D eigenvalue weighted by Crippen LogP contribution is 2.28. The van der Waals surface area contributed by atoms with Crippen LogP contribution in [0.3, 0.4) is 0 Å². The Balaban J connectivity index is 1.33. The maximum absolute atomic E-state index is 12.5. The molecule has 2 N–H and O–H groups in total. The maximum atomic E-state index is 12.5. The number of benzene rings is 4. The van der Waals surface area contributed by atoms with Crippen molar-refractivity contribution in [3.63, 3.8) is 0 Å². The van der Waals surface area contributed by atoms with Gasteiger partial charge in [0, 0.05) is 16.3 Å². The number of methoxy groups -OCH3 is 1. The second kappa shape index (κ2) is 12.3. The lowest BCUT2D eigenvalue weighted by Gasteiger charge is -2.11. The Hall–Kier alpha value is -4.34. The lowest BCUT2D eigenvalue weighted by Crippen LogP contribution is -2.18. The number of hydrogen-bond acceptors (Lipinski definition) is 6. The molecule has 1 amide bonds. The molecule has 0 spiro atoms. The van der Waals surface area contributed by atoms with Gasteiger partial charge in [-0.25, -0.2) is 13.8 Å². The van der Waals surface area contributed by atoms with Crippen molar-refractivity contribution in [1.29, 1.82) is 0 Å². The molecule has 38 heavy (non-hydrogen) atoms. The van der Waals surface area contributed by atoms with Crippen LogP contribution in [-0.4, -0.2) is 27.6 Å². The van der Waals surface area contributed by atoms with Crippen LogP contribution < -0.4 is 19.6 Å². The molecule has 0 aliphatic heterocycles. The molecule has 0 aliphatic carbocycles. The van der Waals surface area contributed by atoms with Crippen LogP contribution in [0.2, 0.25) is 5.02 Å². The van der Waals surface area contributed by atoms with Crippen LogP contribution in [0.5, 0.6) is 11.5 Å². The smallest absolute Gasteiger partial charge is 0.271 e. The number of hydrogen-bond donors (Lipinski definition) is 2. The molecule has 194 valence electrons. The Bertz CT molecular complexity index is 1530. The van der Waals surface area contributed by atoms with E-state index < -0.39 is 15.9 Å². The summed E-state index contributed by atoms with van der Waals surface area (Å²) in [6.07, 6.45) is 1.48. The number of anilines is 1. The molecule has 0 saturated heterocycles. The monoisotopic (exact) mass is 549 g/mol. The molecular formula is C28H24ClN3O5S. The van der Waals surface area contributed by atoms with Crippen molar-refractivity contribution in [3.05, 3.63) is 119 Å². The second-order valence-corrected chi connectivity index (χ2v) is 10.1. The Morgan fingerprint density at radius 2 is 1.63 bits per heavy atom. The van der Waals surface area contributed by atoms with Crippen molar-refractivity contribution in [2.75, 3.05) is 11.8 Å². The molecule has 0 atom stereocenters. The quantitative estimate of drug-likeness (QED) is 0.201. The summed E-state index contributed by atoms with van der Waals surface area (Å²) in [6, 6.07) is 26.9. The van der Waals surface area contributed by atoms with Gasteiger partial charge in [-0.3, -0.25) is 9.52 Å². The predicted octanol–water partition coefficient (Wildman–Crippen LogP) is 5.49. The summed E-state index contributed by atoms with van der Waals surface area (Å²) >= 11 is 5.82. The fraction of sp³-hybridized carbons (Fsp3) is 0.0714. The number of nitrogens with one attached hydrogen (secondary N) is 2. The van der Waals surface area contributed by atoms with Crippen molar-refractivity contribution in [2.24, 2.45) is 5.10 Å². The normalized spacial score (nSPS) is 11.2. The number of halogens is 1. The van der Waals surface area contributed by atoms with E-state index in [4.69, 9.17) is 21.1 Å². The molecule has 0 heterocycles. The first-order valence-electron chi connectivity index (χ1n) is 11.4. The molecule has 0 fully saturated rings. The van der Waals surface area contributed by atoms with Crippen molar-refractivity contribution >= 4 is 39.4 Å². The van der Waals surface area contributed by atoms with E-state index in [1.807, 2.05) is 30.3 Å². The zero-order valence-corrected chi connectivity index (χ0v) is 21.9. The number of sulfonamides is 1. The minimum Gasteiger partial charge on any atom is -0.493 e. The summed E-state index contributed by atoms with van der Waals surface area (Å²) < 4.78 is 38.8. The van der Waals surface area contributed by atoms with Crippen LogP contribution in [0.25, 0.3) is 0 Å². The minimum atomic E-state index is -3.79. The molecule has 4 aromatic carbocycles. The third-order valence-corrected chi connectivity index (χ3v) is 6.98.